The highest BCUT2D eigenvalue weighted by atomic mass is 19.2. The van der Waals surface area contributed by atoms with E-state index >= 15 is 0 Å². The molecule has 0 heterocycles. The van der Waals surface area contributed by atoms with Crippen molar-refractivity contribution in [2.24, 2.45) is 0 Å². The molecule has 1 atom stereocenters. The summed E-state index contributed by atoms with van der Waals surface area (Å²) in [6.45, 7) is 3.59. The van der Waals surface area contributed by atoms with E-state index in [9.17, 15) is 13.6 Å². The molecule has 122 valence electrons. The maximum absolute atomic E-state index is 13.3. The zero-order valence-electron chi connectivity index (χ0n) is 13.3. The van der Waals surface area contributed by atoms with Crippen LogP contribution < -0.4 is 4.74 Å². The molecule has 0 bridgehead atoms. The van der Waals surface area contributed by atoms with E-state index in [1.165, 1.54) is 11.0 Å². The summed E-state index contributed by atoms with van der Waals surface area (Å²) in [4.78, 5) is 13.6. The number of halogens is 2. The number of benzene rings is 2. The van der Waals surface area contributed by atoms with Gasteiger partial charge in [0.15, 0.2) is 18.2 Å². The molecular formula is C18H19F2NO2. The van der Waals surface area contributed by atoms with Gasteiger partial charge < -0.3 is 9.64 Å². The van der Waals surface area contributed by atoms with Gasteiger partial charge in [0.25, 0.3) is 5.91 Å². The van der Waals surface area contributed by atoms with Crippen molar-refractivity contribution >= 4 is 5.91 Å². The average Bonchev–Trinajstić information content (AvgIpc) is 2.55. The third-order valence-electron chi connectivity index (χ3n) is 3.78. The highest BCUT2D eigenvalue weighted by Gasteiger charge is 2.19. The predicted octanol–water partition coefficient (Wildman–Crippen LogP) is 3.87. The van der Waals surface area contributed by atoms with Crippen LogP contribution in [0, 0.1) is 18.6 Å². The lowest BCUT2D eigenvalue weighted by atomic mass is 10.1. The van der Waals surface area contributed by atoms with E-state index in [4.69, 9.17) is 4.74 Å². The molecule has 0 aliphatic rings. The Labute approximate surface area is 134 Å². The van der Waals surface area contributed by atoms with Gasteiger partial charge in [-0.15, -0.1) is 0 Å². The SMILES string of the molecule is Cc1ccc(OCC(=O)N(C)C(C)c2ccc(F)c(F)c2)cc1. The van der Waals surface area contributed by atoms with Gasteiger partial charge in [-0.3, -0.25) is 4.79 Å². The summed E-state index contributed by atoms with van der Waals surface area (Å²) in [6.07, 6.45) is 0. The van der Waals surface area contributed by atoms with E-state index in [-0.39, 0.29) is 18.6 Å². The van der Waals surface area contributed by atoms with Gasteiger partial charge in [0.2, 0.25) is 0 Å². The Morgan fingerprint density at radius 2 is 1.78 bits per heavy atom. The fraction of sp³-hybridized carbons (Fsp3) is 0.278. The number of amides is 1. The van der Waals surface area contributed by atoms with Gasteiger partial charge in [0, 0.05) is 7.05 Å². The second-order valence-corrected chi connectivity index (χ2v) is 5.46. The van der Waals surface area contributed by atoms with Crippen LogP contribution in [0.2, 0.25) is 0 Å². The molecule has 0 aromatic heterocycles. The lowest BCUT2D eigenvalue weighted by Gasteiger charge is -2.25. The standard InChI is InChI=1S/C18H19F2NO2/c1-12-4-7-15(8-5-12)23-11-18(22)21(3)13(2)14-6-9-16(19)17(20)10-14/h4-10,13H,11H2,1-3H3. The minimum Gasteiger partial charge on any atom is -0.484 e. The van der Waals surface area contributed by atoms with Gasteiger partial charge in [-0.2, -0.15) is 0 Å². The summed E-state index contributed by atoms with van der Waals surface area (Å²) in [5.74, 6) is -1.47. The topological polar surface area (TPSA) is 29.5 Å². The highest BCUT2D eigenvalue weighted by Crippen LogP contribution is 2.21. The smallest absolute Gasteiger partial charge is 0.260 e. The summed E-state index contributed by atoms with van der Waals surface area (Å²) in [5, 5.41) is 0. The second kappa shape index (κ2) is 7.22. The predicted molar refractivity (Wildman–Crippen MR) is 84.2 cm³/mol. The van der Waals surface area contributed by atoms with Crippen molar-refractivity contribution in [1.29, 1.82) is 0 Å². The van der Waals surface area contributed by atoms with Crippen molar-refractivity contribution in [3.8, 4) is 5.75 Å². The second-order valence-electron chi connectivity index (χ2n) is 5.46. The summed E-state index contributed by atoms with van der Waals surface area (Å²) in [7, 11) is 1.60. The third kappa shape index (κ3) is 4.28. The van der Waals surface area contributed by atoms with E-state index < -0.39 is 11.6 Å². The largest absolute Gasteiger partial charge is 0.484 e. The van der Waals surface area contributed by atoms with Crippen molar-refractivity contribution in [3.05, 3.63) is 65.2 Å². The van der Waals surface area contributed by atoms with Crippen LogP contribution in [0.4, 0.5) is 8.78 Å². The van der Waals surface area contributed by atoms with Crippen LogP contribution in [-0.4, -0.2) is 24.5 Å². The molecule has 0 aliphatic heterocycles. The third-order valence-corrected chi connectivity index (χ3v) is 3.78. The van der Waals surface area contributed by atoms with Gasteiger partial charge in [-0.05, 0) is 43.7 Å². The summed E-state index contributed by atoms with van der Waals surface area (Å²) in [6, 6.07) is 10.6. The monoisotopic (exact) mass is 319 g/mol. The Hall–Kier alpha value is -2.43. The lowest BCUT2D eigenvalue weighted by molar-refractivity contribution is -0.134. The molecule has 0 fully saturated rings. The number of carbonyl (C=O) groups is 1. The molecule has 2 rings (SSSR count). The summed E-state index contributed by atoms with van der Waals surface area (Å²) >= 11 is 0. The fourth-order valence-corrected chi connectivity index (χ4v) is 2.09. The van der Waals surface area contributed by atoms with Crippen molar-refractivity contribution in [3.63, 3.8) is 0 Å². The first kappa shape index (κ1) is 16.9. The van der Waals surface area contributed by atoms with Crippen LogP contribution >= 0.6 is 0 Å². The lowest BCUT2D eigenvalue weighted by Crippen LogP contribution is -2.33. The Morgan fingerprint density at radius 3 is 2.39 bits per heavy atom. The molecule has 0 aliphatic carbocycles. The van der Waals surface area contributed by atoms with Crippen molar-refractivity contribution in [1.82, 2.24) is 4.90 Å². The van der Waals surface area contributed by atoms with E-state index in [0.29, 0.717) is 11.3 Å². The zero-order valence-corrected chi connectivity index (χ0v) is 13.3. The first-order chi connectivity index (χ1) is 10.9. The molecule has 1 amide bonds. The molecule has 3 nitrogen and oxygen atoms in total. The molecule has 0 radical (unpaired) electrons. The molecule has 23 heavy (non-hydrogen) atoms. The van der Waals surface area contributed by atoms with Gasteiger partial charge in [-0.1, -0.05) is 23.8 Å². The first-order valence-electron chi connectivity index (χ1n) is 7.28. The molecule has 0 N–H and O–H groups in total. The van der Waals surface area contributed by atoms with E-state index in [0.717, 1.165) is 17.7 Å². The molecule has 2 aromatic carbocycles. The number of rotatable bonds is 5. The number of aryl methyl sites for hydroxylation is 1. The van der Waals surface area contributed by atoms with Gasteiger partial charge >= 0.3 is 0 Å². The van der Waals surface area contributed by atoms with Crippen LogP contribution in [-0.2, 0) is 4.79 Å². The van der Waals surface area contributed by atoms with Crippen LogP contribution in [0.15, 0.2) is 42.5 Å². The molecule has 0 spiro atoms. The molecular weight excluding hydrogens is 300 g/mol. The van der Waals surface area contributed by atoms with Crippen LogP contribution in [0.5, 0.6) is 5.75 Å². The van der Waals surface area contributed by atoms with Gasteiger partial charge in [0.05, 0.1) is 6.04 Å². The van der Waals surface area contributed by atoms with Crippen LogP contribution in [0.3, 0.4) is 0 Å². The Bertz CT molecular complexity index is 686. The number of hydrogen-bond donors (Lipinski definition) is 0. The highest BCUT2D eigenvalue weighted by molar-refractivity contribution is 5.78. The average molecular weight is 319 g/mol. The maximum atomic E-state index is 13.3. The molecule has 2 aromatic rings. The van der Waals surface area contributed by atoms with Gasteiger partial charge in [-0.25, -0.2) is 8.78 Å². The van der Waals surface area contributed by atoms with Gasteiger partial charge in [0.1, 0.15) is 5.75 Å². The minimum atomic E-state index is -0.925. The summed E-state index contributed by atoms with van der Waals surface area (Å²) < 4.78 is 31.7. The minimum absolute atomic E-state index is 0.117. The zero-order chi connectivity index (χ0) is 17.0. The van der Waals surface area contributed by atoms with E-state index in [1.54, 1.807) is 26.1 Å². The summed E-state index contributed by atoms with van der Waals surface area (Å²) in [5.41, 5.74) is 1.63. The quantitative estimate of drug-likeness (QED) is 0.837. The molecule has 1 unspecified atom stereocenters. The number of hydrogen-bond acceptors (Lipinski definition) is 2. The van der Waals surface area contributed by atoms with E-state index in [2.05, 4.69) is 0 Å². The van der Waals surface area contributed by atoms with Crippen LogP contribution in [0.25, 0.3) is 0 Å². The maximum Gasteiger partial charge on any atom is 0.260 e. The molecule has 0 saturated heterocycles. The van der Waals surface area contributed by atoms with Crippen molar-refractivity contribution in [2.45, 2.75) is 19.9 Å². The number of ether oxygens (including phenoxy) is 1. The van der Waals surface area contributed by atoms with Crippen molar-refractivity contribution in [2.75, 3.05) is 13.7 Å². The van der Waals surface area contributed by atoms with Crippen LogP contribution in [0.1, 0.15) is 24.1 Å². The normalized spacial score (nSPS) is 11.9. The molecule has 5 heteroatoms. The van der Waals surface area contributed by atoms with E-state index in [1.807, 2.05) is 19.1 Å². The Balaban J connectivity index is 1.97. The Morgan fingerprint density at radius 1 is 1.13 bits per heavy atom. The first-order valence-corrected chi connectivity index (χ1v) is 7.28. The van der Waals surface area contributed by atoms with Crippen molar-refractivity contribution < 1.29 is 18.3 Å². The fourth-order valence-electron chi connectivity index (χ4n) is 2.09. The molecule has 0 saturated carbocycles. The Kier molecular flexibility index (Phi) is 5.32. The number of nitrogens with zero attached hydrogens (tertiary/aromatic N) is 1. The number of likely N-dealkylation sites (N-methyl/N-ethyl adjacent to an activating group) is 1. The number of carbonyl (C=O) groups excluding carboxylic acids is 1.